The van der Waals surface area contributed by atoms with Gasteiger partial charge in [0.15, 0.2) is 0 Å². The summed E-state index contributed by atoms with van der Waals surface area (Å²) in [6.45, 7) is 13.3. The van der Waals surface area contributed by atoms with Gasteiger partial charge in [-0.2, -0.15) is 5.26 Å². The summed E-state index contributed by atoms with van der Waals surface area (Å²) in [6.07, 6.45) is 6.85. The van der Waals surface area contributed by atoms with E-state index >= 15 is 0 Å². The molecular weight excluding hydrogens is 464 g/mol. The van der Waals surface area contributed by atoms with Gasteiger partial charge in [0, 0.05) is 31.7 Å². The van der Waals surface area contributed by atoms with Gasteiger partial charge in [-0.25, -0.2) is 0 Å². The summed E-state index contributed by atoms with van der Waals surface area (Å²) in [5, 5.41) is 9.82. The van der Waals surface area contributed by atoms with Crippen LogP contribution in [0.15, 0.2) is 9.70 Å². The van der Waals surface area contributed by atoms with Crippen LogP contribution >= 0.6 is 24.0 Å². The Kier molecular flexibility index (Phi) is 9.00. The molecule has 8 heteroatoms. The van der Waals surface area contributed by atoms with Gasteiger partial charge in [0.25, 0.3) is 11.5 Å². The predicted molar refractivity (Wildman–Crippen MR) is 145 cm³/mol. The normalized spacial score (nSPS) is 22.1. The van der Waals surface area contributed by atoms with Crippen molar-refractivity contribution in [2.45, 2.75) is 73.3 Å². The Balaban J connectivity index is 2.17. The first-order valence-corrected chi connectivity index (χ1v) is 13.6. The van der Waals surface area contributed by atoms with Crippen molar-refractivity contribution in [3.8, 4) is 6.07 Å². The minimum Gasteiger partial charge on any atom is -0.357 e. The molecule has 1 amide bonds. The zero-order valence-electron chi connectivity index (χ0n) is 21.0. The molecule has 0 aromatic carbocycles. The molecule has 6 nitrogen and oxygen atoms in total. The molecule has 2 fully saturated rings. The maximum atomic E-state index is 13.3. The number of hydrogen-bond acceptors (Lipinski definition) is 6. The molecule has 2 unspecified atom stereocenters. The number of piperidine rings is 1. The standard InChI is InChI=1S/C26H36N4O2S2/c1-6-8-9-11-30-25(32)22(34-26(30)33)13-20-19(5)21(14-27)24(31)29(10-7-2)23(20)28-15-17(3)12-18(4)16-28/h13,17-18H,6-12,15-16H2,1-5H3/b22-13+. The number of anilines is 1. The van der Waals surface area contributed by atoms with Crippen molar-refractivity contribution in [2.75, 3.05) is 24.5 Å². The first kappa shape index (κ1) is 26.5. The zero-order valence-corrected chi connectivity index (χ0v) is 22.7. The topological polar surface area (TPSA) is 69.3 Å². The van der Waals surface area contributed by atoms with Crippen molar-refractivity contribution >= 4 is 46.1 Å². The number of hydrogen-bond donors (Lipinski definition) is 0. The van der Waals surface area contributed by atoms with Gasteiger partial charge in [-0.05, 0) is 49.7 Å². The summed E-state index contributed by atoms with van der Waals surface area (Å²) < 4.78 is 2.33. The van der Waals surface area contributed by atoms with E-state index in [1.165, 1.54) is 11.8 Å². The maximum absolute atomic E-state index is 13.3. The smallest absolute Gasteiger partial charge is 0.270 e. The Bertz CT molecular complexity index is 1080. The highest BCUT2D eigenvalue weighted by Gasteiger charge is 2.33. The number of aromatic nitrogens is 1. The number of carbonyl (C=O) groups is 1. The van der Waals surface area contributed by atoms with Gasteiger partial charge in [-0.3, -0.25) is 19.1 Å². The molecule has 34 heavy (non-hydrogen) atoms. The first-order chi connectivity index (χ1) is 16.2. The third kappa shape index (κ3) is 5.41. The van der Waals surface area contributed by atoms with E-state index in [0.29, 0.717) is 39.7 Å². The summed E-state index contributed by atoms with van der Waals surface area (Å²) >= 11 is 6.85. The number of rotatable bonds is 8. The average molecular weight is 501 g/mol. The molecule has 184 valence electrons. The van der Waals surface area contributed by atoms with Crippen LogP contribution in [0.3, 0.4) is 0 Å². The molecular formula is C26H36N4O2S2. The number of unbranched alkanes of at least 4 members (excludes halogenated alkanes) is 2. The van der Waals surface area contributed by atoms with Crippen molar-refractivity contribution in [3.63, 3.8) is 0 Å². The second-order valence-corrected chi connectivity index (χ2v) is 11.4. The minimum atomic E-state index is -0.244. The van der Waals surface area contributed by atoms with E-state index in [9.17, 15) is 14.9 Å². The molecule has 0 aliphatic carbocycles. The second kappa shape index (κ2) is 11.5. The van der Waals surface area contributed by atoms with E-state index in [2.05, 4.69) is 31.7 Å². The van der Waals surface area contributed by atoms with Crippen LogP contribution in [0.4, 0.5) is 5.82 Å². The van der Waals surface area contributed by atoms with Gasteiger partial charge in [0.05, 0.1) is 4.91 Å². The van der Waals surface area contributed by atoms with E-state index < -0.39 is 0 Å². The molecule has 0 saturated carbocycles. The number of pyridine rings is 1. The van der Waals surface area contributed by atoms with E-state index in [1.807, 2.05) is 19.9 Å². The predicted octanol–water partition coefficient (Wildman–Crippen LogP) is 5.31. The van der Waals surface area contributed by atoms with Gasteiger partial charge in [-0.1, -0.05) is 64.5 Å². The van der Waals surface area contributed by atoms with Gasteiger partial charge >= 0.3 is 0 Å². The van der Waals surface area contributed by atoms with Crippen molar-refractivity contribution in [1.29, 1.82) is 5.26 Å². The summed E-state index contributed by atoms with van der Waals surface area (Å²) in [6, 6.07) is 2.13. The van der Waals surface area contributed by atoms with Gasteiger partial charge < -0.3 is 4.90 Å². The Labute approximate surface area is 213 Å². The third-order valence-electron chi connectivity index (χ3n) is 6.60. The number of amides is 1. The van der Waals surface area contributed by atoms with Crippen molar-refractivity contribution in [2.24, 2.45) is 11.8 Å². The van der Waals surface area contributed by atoms with Gasteiger partial charge in [0.2, 0.25) is 0 Å². The fourth-order valence-electron chi connectivity index (χ4n) is 5.10. The monoisotopic (exact) mass is 500 g/mol. The quantitative estimate of drug-likeness (QED) is 0.274. The van der Waals surface area contributed by atoms with Gasteiger partial charge in [-0.15, -0.1) is 0 Å². The maximum Gasteiger partial charge on any atom is 0.270 e. The van der Waals surface area contributed by atoms with Crippen LogP contribution in [-0.4, -0.2) is 39.3 Å². The van der Waals surface area contributed by atoms with Crippen LogP contribution in [-0.2, 0) is 11.3 Å². The SMILES string of the molecule is CCCCCN1C(=O)/C(=C\c2c(C)c(C#N)c(=O)n(CCC)c2N2CC(C)CC(C)C2)SC1=S. The molecule has 3 heterocycles. The molecule has 1 aromatic rings. The number of thiocarbonyl (C=S) groups is 1. The molecule has 1 aromatic heterocycles. The number of thioether (sulfide) groups is 1. The molecule has 0 bridgehead atoms. The molecule has 0 N–H and O–H groups in total. The van der Waals surface area contributed by atoms with Crippen LogP contribution in [0.25, 0.3) is 6.08 Å². The lowest BCUT2D eigenvalue weighted by molar-refractivity contribution is -0.122. The van der Waals surface area contributed by atoms with E-state index in [0.717, 1.165) is 56.6 Å². The lowest BCUT2D eigenvalue weighted by Gasteiger charge is -2.39. The number of carbonyl (C=O) groups excluding carboxylic acids is 1. The third-order valence-corrected chi connectivity index (χ3v) is 7.97. The molecule has 2 aliphatic rings. The van der Waals surface area contributed by atoms with Crippen LogP contribution in [0, 0.1) is 30.1 Å². The highest BCUT2D eigenvalue weighted by molar-refractivity contribution is 8.26. The number of nitrogens with zero attached hydrogens (tertiary/aromatic N) is 4. The molecule has 2 saturated heterocycles. The first-order valence-electron chi connectivity index (χ1n) is 12.4. The van der Waals surface area contributed by atoms with Crippen molar-refractivity contribution in [3.05, 3.63) is 31.9 Å². The zero-order chi connectivity index (χ0) is 25.0. The van der Waals surface area contributed by atoms with E-state index in [1.54, 1.807) is 9.47 Å². The van der Waals surface area contributed by atoms with E-state index in [4.69, 9.17) is 12.2 Å². The molecule has 0 radical (unpaired) electrons. The lowest BCUT2D eigenvalue weighted by atomic mass is 9.91. The summed E-state index contributed by atoms with van der Waals surface area (Å²) in [5.41, 5.74) is 1.34. The summed E-state index contributed by atoms with van der Waals surface area (Å²) in [5.74, 6) is 1.74. The van der Waals surface area contributed by atoms with Crippen LogP contribution < -0.4 is 10.5 Å². The summed E-state index contributed by atoms with van der Waals surface area (Å²) in [7, 11) is 0. The second-order valence-electron chi connectivity index (χ2n) is 9.70. The average Bonchev–Trinajstić information content (AvgIpc) is 3.04. The Morgan fingerprint density at radius 2 is 1.79 bits per heavy atom. The van der Waals surface area contributed by atoms with Crippen LogP contribution in [0.5, 0.6) is 0 Å². The largest absolute Gasteiger partial charge is 0.357 e. The molecule has 2 aliphatic heterocycles. The van der Waals surface area contributed by atoms with Crippen LogP contribution in [0.1, 0.15) is 76.5 Å². The molecule has 2 atom stereocenters. The molecule has 0 spiro atoms. The lowest BCUT2D eigenvalue weighted by Crippen LogP contribution is -2.43. The molecule has 3 rings (SSSR count). The van der Waals surface area contributed by atoms with Crippen molar-refractivity contribution in [1.82, 2.24) is 9.47 Å². The highest BCUT2D eigenvalue weighted by atomic mass is 32.2. The summed E-state index contributed by atoms with van der Waals surface area (Å²) in [4.78, 5) is 31.1. The minimum absolute atomic E-state index is 0.0800. The van der Waals surface area contributed by atoms with Gasteiger partial charge in [0.1, 0.15) is 21.8 Å². The Hall–Kier alpha value is -2.11. The van der Waals surface area contributed by atoms with E-state index in [-0.39, 0.29) is 17.0 Å². The highest BCUT2D eigenvalue weighted by Crippen LogP contribution is 2.37. The fourth-order valence-corrected chi connectivity index (χ4v) is 6.39. The fraction of sp³-hybridized carbons (Fsp3) is 0.615. The number of nitriles is 1. The Morgan fingerprint density at radius 1 is 1.12 bits per heavy atom. The van der Waals surface area contributed by atoms with Crippen molar-refractivity contribution < 1.29 is 4.79 Å². The Morgan fingerprint density at radius 3 is 2.38 bits per heavy atom. The van der Waals surface area contributed by atoms with Crippen LogP contribution in [0.2, 0.25) is 0 Å².